The zero-order valence-corrected chi connectivity index (χ0v) is 19.7. The molecule has 0 atom stereocenters. The summed E-state index contributed by atoms with van der Waals surface area (Å²) in [6, 6.07) is 21.5. The molecule has 0 heterocycles. The Morgan fingerprint density at radius 2 is 1.77 bits per heavy atom. The third-order valence-corrected chi connectivity index (χ3v) is 5.04. The number of rotatable bonds is 11. The number of ether oxygens (including phenoxy) is 3. The molecule has 3 aromatic rings. The van der Waals surface area contributed by atoms with Crippen molar-refractivity contribution >= 4 is 11.8 Å². The number of methoxy groups -OCH3 is 1. The normalized spacial score (nSPS) is 10.1. The van der Waals surface area contributed by atoms with Crippen LogP contribution in [0.1, 0.15) is 34.0 Å². The molecule has 0 aromatic heterocycles. The molecule has 0 spiro atoms. The van der Waals surface area contributed by atoms with Crippen LogP contribution in [0.15, 0.2) is 66.7 Å². The summed E-state index contributed by atoms with van der Waals surface area (Å²) < 4.78 is 16.7. The molecule has 0 aliphatic heterocycles. The van der Waals surface area contributed by atoms with Crippen LogP contribution in [0, 0.1) is 11.3 Å². The van der Waals surface area contributed by atoms with E-state index in [1.807, 2.05) is 19.1 Å². The molecule has 8 nitrogen and oxygen atoms in total. The standard InChI is InChI=1S/C27H27N3O5/c1-3-29-26(31)18-35-24-12-11-19(13-25(24)33-2)16-30-27(32)20-9-6-10-23(14-20)34-17-22-8-5-4-7-21(22)15-28/h4-14H,3,16-18H2,1-2H3,(H,29,31)(H,30,32). The first-order valence-corrected chi connectivity index (χ1v) is 11.1. The summed E-state index contributed by atoms with van der Waals surface area (Å²) in [6.07, 6.45) is 0. The molecule has 0 aliphatic carbocycles. The van der Waals surface area contributed by atoms with Gasteiger partial charge in [0.25, 0.3) is 11.8 Å². The van der Waals surface area contributed by atoms with Crippen molar-refractivity contribution < 1.29 is 23.8 Å². The zero-order chi connectivity index (χ0) is 25.0. The maximum Gasteiger partial charge on any atom is 0.257 e. The van der Waals surface area contributed by atoms with Crippen LogP contribution in [0.3, 0.4) is 0 Å². The van der Waals surface area contributed by atoms with E-state index in [1.54, 1.807) is 54.6 Å². The third-order valence-electron chi connectivity index (χ3n) is 5.04. The molecule has 3 rings (SSSR count). The van der Waals surface area contributed by atoms with Crippen LogP contribution in [0.25, 0.3) is 0 Å². The minimum absolute atomic E-state index is 0.110. The molecular formula is C27H27N3O5. The molecule has 0 aliphatic rings. The number of likely N-dealkylation sites (N-methyl/N-ethyl adjacent to an activating group) is 1. The van der Waals surface area contributed by atoms with E-state index >= 15 is 0 Å². The van der Waals surface area contributed by atoms with Crippen LogP contribution >= 0.6 is 0 Å². The van der Waals surface area contributed by atoms with Crippen molar-refractivity contribution in [3.63, 3.8) is 0 Å². The van der Waals surface area contributed by atoms with Gasteiger partial charge in [-0.15, -0.1) is 0 Å². The summed E-state index contributed by atoms with van der Waals surface area (Å²) in [6.45, 7) is 2.75. The molecule has 3 aromatic carbocycles. The van der Waals surface area contributed by atoms with E-state index in [0.717, 1.165) is 11.1 Å². The zero-order valence-electron chi connectivity index (χ0n) is 19.7. The Kier molecular flexibility index (Phi) is 9.08. The van der Waals surface area contributed by atoms with Gasteiger partial charge >= 0.3 is 0 Å². The van der Waals surface area contributed by atoms with Crippen LogP contribution in [-0.2, 0) is 17.9 Å². The summed E-state index contributed by atoms with van der Waals surface area (Å²) in [4.78, 5) is 24.3. The first kappa shape index (κ1) is 25.1. The molecule has 35 heavy (non-hydrogen) atoms. The van der Waals surface area contributed by atoms with E-state index in [2.05, 4.69) is 16.7 Å². The summed E-state index contributed by atoms with van der Waals surface area (Å²) in [5.74, 6) is 0.959. The first-order chi connectivity index (χ1) is 17.0. The SMILES string of the molecule is CCNC(=O)COc1ccc(CNC(=O)c2cccc(OCc3ccccc3C#N)c2)cc1OC. The molecule has 2 N–H and O–H groups in total. The van der Waals surface area contributed by atoms with Crippen LogP contribution in [0.4, 0.5) is 0 Å². The van der Waals surface area contributed by atoms with Gasteiger partial charge in [-0.1, -0.05) is 30.3 Å². The maximum absolute atomic E-state index is 12.7. The van der Waals surface area contributed by atoms with Crippen molar-refractivity contribution in [2.75, 3.05) is 20.3 Å². The Morgan fingerprint density at radius 3 is 2.54 bits per heavy atom. The number of carbonyl (C=O) groups is 2. The predicted molar refractivity (Wildman–Crippen MR) is 130 cm³/mol. The predicted octanol–water partition coefficient (Wildman–Crippen LogP) is 3.59. The maximum atomic E-state index is 12.7. The molecule has 8 heteroatoms. The number of benzene rings is 3. The van der Waals surface area contributed by atoms with Gasteiger partial charge in [-0.3, -0.25) is 9.59 Å². The van der Waals surface area contributed by atoms with Gasteiger partial charge < -0.3 is 24.8 Å². The Morgan fingerprint density at radius 1 is 0.943 bits per heavy atom. The van der Waals surface area contributed by atoms with Gasteiger partial charge in [-0.05, 0) is 48.9 Å². The number of nitrogens with zero attached hydrogens (tertiary/aromatic N) is 1. The largest absolute Gasteiger partial charge is 0.493 e. The van der Waals surface area contributed by atoms with Gasteiger partial charge in [-0.25, -0.2) is 0 Å². The highest BCUT2D eigenvalue weighted by Gasteiger charge is 2.11. The van der Waals surface area contributed by atoms with Gasteiger partial charge in [0.2, 0.25) is 0 Å². The smallest absolute Gasteiger partial charge is 0.257 e. The topological polar surface area (TPSA) is 110 Å². The molecule has 0 saturated heterocycles. The minimum atomic E-state index is -0.261. The van der Waals surface area contributed by atoms with E-state index in [-0.39, 0.29) is 31.6 Å². The molecule has 0 unspecified atom stereocenters. The van der Waals surface area contributed by atoms with Crippen molar-refractivity contribution in [3.05, 3.63) is 89.0 Å². The van der Waals surface area contributed by atoms with Gasteiger partial charge in [0.1, 0.15) is 12.4 Å². The summed E-state index contributed by atoms with van der Waals surface area (Å²) in [5, 5.41) is 14.8. The van der Waals surface area contributed by atoms with Crippen molar-refractivity contribution in [2.45, 2.75) is 20.1 Å². The fourth-order valence-corrected chi connectivity index (χ4v) is 3.26. The second kappa shape index (κ2) is 12.7. The van der Waals surface area contributed by atoms with E-state index in [9.17, 15) is 14.9 Å². The molecule has 0 fully saturated rings. The lowest BCUT2D eigenvalue weighted by molar-refractivity contribution is -0.123. The van der Waals surface area contributed by atoms with Crippen molar-refractivity contribution in [3.8, 4) is 23.3 Å². The second-order valence-electron chi connectivity index (χ2n) is 7.50. The number of amides is 2. The molecule has 0 bridgehead atoms. The van der Waals surface area contributed by atoms with Gasteiger partial charge in [0, 0.05) is 24.2 Å². The van der Waals surface area contributed by atoms with Crippen LogP contribution in [0.2, 0.25) is 0 Å². The monoisotopic (exact) mass is 473 g/mol. The lowest BCUT2D eigenvalue weighted by Gasteiger charge is -2.13. The highest BCUT2D eigenvalue weighted by atomic mass is 16.5. The van der Waals surface area contributed by atoms with Crippen molar-refractivity contribution in [1.29, 1.82) is 5.26 Å². The second-order valence-corrected chi connectivity index (χ2v) is 7.50. The Bertz CT molecular complexity index is 1220. The summed E-state index contributed by atoms with van der Waals surface area (Å²) >= 11 is 0. The summed E-state index contributed by atoms with van der Waals surface area (Å²) in [5.41, 5.74) is 2.58. The van der Waals surface area contributed by atoms with Crippen molar-refractivity contribution in [2.24, 2.45) is 0 Å². The number of hydrogen-bond donors (Lipinski definition) is 2. The number of hydrogen-bond acceptors (Lipinski definition) is 6. The average Bonchev–Trinajstić information content (AvgIpc) is 2.90. The number of nitrogens with one attached hydrogen (secondary N) is 2. The fourth-order valence-electron chi connectivity index (χ4n) is 3.26. The Hall–Kier alpha value is -4.51. The minimum Gasteiger partial charge on any atom is -0.493 e. The number of nitriles is 1. The van der Waals surface area contributed by atoms with E-state index < -0.39 is 0 Å². The molecule has 0 saturated carbocycles. The van der Waals surface area contributed by atoms with Crippen LogP contribution < -0.4 is 24.8 Å². The first-order valence-electron chi connectivity index (χ1n) is 11.1. The van der Waals surface area contributed by atoms with E-state index in [1.165, 1.54) is 7.11 Å². The molecular weight excluding hydrogens is 446 g/mol. The fraction of sp³-hybridized carbons (Fsp3) is 0.222. The Balaban J connectivity index is 1.58. The molecule has 0 radical (unpaired) electrons. The number of carbonyl (C=O) groups excluding carboxylic acids is 2. The third kappa shape index (κ3) is 7.24. The highest BCUT2D eigenvalue weighted by Crippen LogP contribution is 2.28. The van der Waals surface area contributed by atoms with E-state index in [0.29, 0.717) is 34.9 Å². The van der Waals surface area contributed by atoms with Gasteiger partial charge in [0.15, 0.2) is 18.1 Å². The lowest BCUT2D eigenvalue weighted by Crippen LogP contribution is -2.28. The molecule has 2 amide bonds. The van der Waals surface area contributed by atoms with Crippen LogP contribution in [0.5, 0.6) is 17.2 Å². The lowest BCUT2D eigenvalue weighted by atomic mass is 10.1. The van der Waals surface area contributed by atoms with Gasteiger partial charge in [0.05, 0.1) is 18.7 Å². The molecule has 180 valence electrons. The van der Waals surface area contributed by atoms with Crippen LogP contribution in [-0.4, -0.2) is 32.1 Å². The highest BCUT2D eigenvalue weighted by molar-refractivity contribution is 5.94. The van der Waals surface area contributed by atoms with Gasteiger partial charge in [-0.2, -0.15) is 5.26 Å². The summed E-state index contributed by atoms with van der Waals surface area (Å²) in [7, 11) is 1.51. The van der Waals surface area contributed by atoms with Crippen molar-refractivity contribution in [1.82, 2.24) is 10.6 Å². The quantitative estimate of drug-likeness (QED) is 0.440. The average molecular weight is 474 g/mol. The van der Waals surface area contributed by atoms with E-state index in [4.69, 9.17) is 14.2 Å². The Labute approximate surface area is 204 Å².